The third kappa shape index (κ3) is 11.8. The highest BCUT2D eigenvalue weighted by atomic mass is 19.1. The summed E-state index contributed by atoms with van der Waals surface area (Å²) < 4.78 is 25.3. The molecule has 2 aromatic carbocycles. The van der Waals surface area contributed by atoms with Crippen LogP contribution in [0.4, 0.5) is 4.39 Å². The monoisotopic (exact) mass is 577 g/mol. The molecule has 1 aliphatic carbocycles. The summed E-state index contributed by atoms with van der Waals surface area (Å²) >= 11 is 0. The minimum absolute atomic E-state index is 0.131. The Morgan fingerprint density at radius 3 is 2.19 bits per heavy atom. The summed E-state index contributed by atoms with van der Waals surface area (Å²) in [6, 6.07) is 16.8. The molecule has 0 bridgehead atoms. The quantitative estimate of drug-likeness (QED) is 0.123. The van der Waals surface area contributed by atoms with Gasteiger partial charge < -0.3 is 9.47 Å². The molecular formula is C37H52FNO3. The summed E-state index contributed by atoms with van der Waals surface area (Å²) in [6.07, 6.45) is 16.1. The molecule has 0 radical (unpaired) electrons. The number of carbonyl (C=O) groups excluding carboxylic acids is 1. The Morgan fingerprint density at radius 1 is 0.881 bits per heavy atom. The van der Waals surface area contributed by atoms with E-state index in [1.165, 1.54) is 50.5 Å². The van der Waals surface area contributed by atoms with Crippen LogP contribution in [0.25, 0.3) is 11.1 Å². The van der Waals surface area contributed by atoms with E-state index in [4.69, 9.17) is 9.47 Å². The topological polar surface area (TPSA) is 59.3 Å². The molecule has 0 saturated heterocycles. The van der Waals surface area contributed by atoms with Crippen LogP contribution in [0.1, 0.15) is 128 Å². The van der Waals surface area contributed by atoms with E-state index >= 15 is 0 Å². The average molecular weight is 578 g/mol. The Morgan fingerprint density at radius 2 is 1.52 bits per heavy atom. The maximum Gasteiger partial charge on any atom is 0.340 e. The van der Waals surface area contributed by atoms with Crippen LogP contribution < -0.4 is 4.74 Å². The zero-order valence-electron chi connectivity index (χ0n) is 26.1. The van der Waals surface area contributed by atoms with Crippen LogP contribution in [0.3, 0.4) is 0 Å². The molecule has 0 N–H and O–H groups in total. The molecule has 1 fully saturated rings. The molecule has 1 saturated carbocycles. The van der Waals surface area contributed by atoms with Gasteiger partial charge in [-0.3, -0.25) is 0 Å². The average Bonchev–Trinajstić information content (AvgIpc) is 3.02. The summed E-state index contributed by atoms with van der Waals surface area (Å²) in [4.78, 5) is 12.0. The maximum atomic E-state index is 13.9. The standard InChI is InChI=1S/C37H52FNO3/c1-3-5-7-8-9-10-11-12-26-41-36-25-22-32(27-33(36)28-39)31-20-16-29(17-21-31)14-15-30-18-23-34(24-19-30)42-37(40)35(38)13-6-4-2/h16-17,20-22,25,27,30,34-35H,3-15,18-19,23-24,26H2,1-2H3/t30-,34-,35-/m0/s1. The molecular weight excluding hydrogens is 525 g/mol. The number of hydrogen-bond donors (Lipinski definition) is 0. The molecule has 3 rings (SSSR count). The number of esters is 1. The van der Waals surface area contributed by atoms with E-state index in [-0.39, 0.29) is 12.5 Å². The Labute approximate surface area is 254 Å². The number of unbranched alkanes of at least 4 members (excludes halogenated alkanes) is 8. The number of benzene rings is 2. The number of aryl methyl sites for hydroxylation is 1. The lowest BCUT2D eigenvalue weighted by Crippen LogP contribution is -2.29. The molecule has 4 nitrogen and oxygen atoms in total. The number of halogens is 1. The van der Waals surface area contributed by atoms with Gasteiger partial charge in [0.2, 0.25) is 0 Å². The number of alkyl halides is 1. The van der Waals surface area contributed by atoms with Crippen LogP contribution in [0.15, 0.2) is 42.5 Å². The lowest BCUT2D eigenvalue weighted by Gasteiger charge is -2.28. The summed E-state index contributed by atoms with van der Waals surface area (Å²) in [7, 11) is 0. The first-order valence-electron chi connectivity index (χ1n) is 16.6. The van der Waals surface area contributed by atoms with Gasteiger partial charge >= 0.3 is 5.97 Å². The first kappa shape index (κ1) is 33.6. The van der Waals surface area contributed by atoms with Crippen molar-refractivity contribution in [2.75, 3.05) is 6.61 Å². The van der Waals surface area contributed by atoms with Crippen molar-refractivity contribution < 1.29 is 18.7 Å². The summed E-state index contributed by atoms with van der Waals surface area (Å²) in [5.74, 6) is 0.610. The van der Waals surface area contributed by atoms with Crippen molar-refractivity contribution >= 4 is 5.97 Å². The highest BCUT2D eigenvalue weighted by Crippen LogP contribution is 2.31. The zero-order chi connectivity index (χ0) is 30.0. The Bertz CT molecular complexity index is 1090. The van der Waals surface area contributed by atoms with Gasteiger partial charge in [-0.05, 0) is 86.1 Å². The molecule has 42 heavy (non-hydrogen) atoms. The van der Waals surface area contributed by atoms with E-state index in [2.05, 4.69) is 37.3 Å². The van der Waals surface area contributed by atoms with Crippen LogP contribution in [0, 0.1) is 17.2 Å². The lowest BCUT2D eigenvalue weighted by molar-refractivity contribution is -0.157. The fraction of sp³-hybridized carbons (Fsp3) is 0.622. The van der Waals surface area contributed by atoms with Gasteiger partial charge in [-0.25, -0.2) is 9.18 Å². The fourth-order valence-corrected chi connectivity index (χ4v) is 5.85. The summed E-state index contributed by atoms with van der Waals surface area (Å²) in [5.41, 5.74) is 4.00. The SMILES string of the molecule is CCCCCCCCCCOc1ccc(-c2ccc(CC[C@H]3CC[C@H](OC(=O)[C@@H](F)CCCC)CC3)cc2)cc1C#N. The molecule has 0 amide bonds. The second-order valence-electron chi connectivity index (χ2n) is 12.1. The predicted molar refractivity (Wildman–Crippen MR) is 169 cm³/mol. The van der Waals surface area contributed by atoms with Gasteiger partial charge in [0.15, 0.2) is 6.17 Å². The Kier molecular flexibility index (Phi) is 15.5. The maximum absolute atomic E-state index is 13.9. The van der Waals surface area contributed by atoms with E-state index < -0.39 is 12.1 Å². The molecule has 5 heteroatoms. The van der Waals surface area contributed by atoms with Gasteiger partial charge in [0.25, 0.3) is 0 Å². The molecule has 1 atom stereocenters. The third-order valence-corrected chi connectivity index (χ3v) is 8.63. The first-order chi connectivity index (χ1) is 20.5. The van der Waals surface area contributed by atoms with Gasteiger partial charge in [-0.1, -0.05) is 102 Å². The van der Waals surface area contributed by atoms with Gasteiger partial charge in [-0.2, -0.15) is 5.26 Å². The van der Waals surface area contributed by atoms with E-state index in [1.807, 2.05) is 25.1 Å². The molecule has 0 aliphatic heterocycles. The van der Waals surface area contributed by atoms with Crippen molar-refractivity contribution in [3.63, 3.8) is 0 Å². The number of rotatable bonds is 19. The molecule has 2 aromatic rings. The van der Waals surface area contributed by atoms with Crippen molar-refractivity contribution in [2.45, 2.75) is 135 Å². The Balaban J connectivity index is 1.38. The van der Waals surface area contributed by atoms with Crippen LogP contribution in [0.2, 0.25) is 0 Å². The highest BCUT2D eigenvalue weighted by Gasteiger charge is 2.27. The van der Waals surface area contributed by atoms with Gasteiger partial charge in [0.05, 0.1) is 12.2 Å². The van der Waals surface area contributed by atoms with Crippen molar-refractivity contribution in [1.29, 1.82) is 5.26 Å². The predicted octanol–water partition coefficient (Wildman–Crippen LogP) is 10.3. The van der Waals surface area contributed by atoms with E-state index in [0.29, 0.717) is 30.3 Å². The van der Waals surface area contributed by atoms with Crippen molar-refractivity contribution in [2.24, 2.45) is 5.92 Å². The Hall–Kier alpha value is -2.87. The molecule has 1 aliphatic rings. The third-order valence-electron chi connectivity index (χ3n) is 8.63. The van der Waals surface area contributed by atoms with Crippen LogP contribution in [-0.2, 0) is 16.0 Å². The van der Waals surface area contributed by atoms with Crippen LogP contribution >= 0.6 is 0 Å². The largest absolute Gasteiger partial charge is 0.492 e. The molecule has 0 spiro atoms. The number of hydrogen-bond acceptors (Lipinski definition) is 4. The summed E-state index contributed by atoms with van der Waals surface area (Å²) in [6.45, 7) is 4.89. The van der Waals surface area contributed by atoms with E-state index in [0.717, 1.165) is 62.5 Å². The lowest BCUT2D eigenvalue weighted by atomic mass is 9.83. The number of nitriles is 1. The van der Waals surface area contributed by atoms with Crippen LogP contribution in [0.5, 0.6) is 5.75 Å². The zero-order valence-corrected chi connectivity index (χ0v) is 26.1. The second-order valence-corrected chi connectivity index (χ2v) is 12.1. The van der Waals surface area contributed by atoms with Crippen molar-refractivity contribution in [3.05, 3.63) is 53.6 Å². The molecule has 0 heterocycles. The fourth-order valence-electron chi connectivity index (χ4n) is 5.85. The van der Waals surface area contributed by atoms with Crippen molar-refractivity contribution in [1.82, 2.24) is 0 Å². The number of carbonyl (C=O) groups is 1. The van der Waals surface area contributed by atoms with Crippen molar-refractivity contribution in [3.8, 4) is 22.9 Å². The summed E-state index contributed by atoms with van der Waals surface area (Å²) in [5, 5.41) is 9.71. The second kappa shape index (κ2) is 19.3. The normalized spacial score (nSPS) is 17.4. The van der Waals surface area contributed by atoms with Gasteiger partial charge in [0, 0.05) is 0 Å². The number of ether oxygens (including phenoxy) is 2. The van der Waals surface area contributed by atoms with Crippen LogP contribution in [-0.4, -0.2) is 24.9 Å². The minimum Gasteiger partial charge on any atom is -0.492 e. The first-order valence-corrected chi connectivity index (χ1v) is 16.6. The molecule has 0 aromatic heterocycles. The smallest absolute Gasteiger partial charge is 0.340 e. The highest BCUT2D eigenvalue weighted by molar-refractivity contribution is 5.74. The molecule has 0 unspecified atom stereocenters. The minimum atomic E-state index is -1.48. The van der Waals surface area contributed by atoms with E-state index in [1.54, 1.807) is 0 Å². The molecule has 230 valence electrons. The van der Waals surface area contributed by atoms with E-state index in [9.17, 15) is 14.4 Å². The number of nitrogens with zero attached hydrogens (tertiary/aromatic N) is 1. The van der Waals surface area contributed by atoms with Gasteiger partial charge in [-0.15, -0.1) is 0 Å². The van der Waals surface area contributed by atoms with Gasteiger partial charge in [0.1, 0.15) is 17.9 Å².